The largest absolute Gasteiger partial charge is 0.341 e. The van der Waals surface area contributed by atoms with E-state index in [1.165, 1.54) is 18.2 Å². The van der Waals surface area contributed by atoms with Gasteiger partial charge in [0, 0.05) is 18.0 Å². The zero-order chi connectivity index (χ0) is 23.0. The van der Waals surface area contributed by atoms with Gasteiger partial charge in [-0.2, -0.15) is 0 Å². The number of hydrogen-bond donors (Lipinski definition) is 2. The fourth-order valence-corrected chi connectivity index (χ4v) is 6.02. The number of fused-ring (bicyclic) bond motifs is 1. The van der Waals surface area contributed by atoms with Crippen molar-refractivity contribution in [3.63, 3.8) is 0 Å². The molecule has 2 aromatic carbocycles. The fraction of sp³-hybridized carbons (Fsp3) is 0.333. The van der Waals surface area contributed by atoms with Crippen molar-refractivity contribution in [3.05, 3.63) is 47.2 Å². The Kier molecular flexibility index (Phi) is 6.37. The van der Waals surface area contributed by atoms with Crippen LogP contribution in [0.15, 0.2) is 46.2 Å². The summed E-state index contributed by atoms with van der Waals surface area (Å²) in [4.78, 5) is 27.7. The zero-order valence-corrected chi connectivity index (χ0v) is 19.5. The van der Waals surface area contributed by atoms with Crippen LogP contribution < -0.4 is 10.0 Å². The molecule has 1 saturated heterocycles. The van der Waals surface area contributed by atoms with Gasteiger partial charge in [0.2, 0.25) is 11.8 Å². The molecular weight excluding hydrogens is 477 g/mol. The van der Waals surface area contributed by atoms with Crippen molar-refractivity contribution >= 4 is 56.6 Å². The molecule has 2 aromatic rings. The lowest BCUT2D eigenvalue weighted by Gasteiger charge is -2.33. The molecule has 1 atom stereocenters. The predicted molar refractivity (Wildman–Crippen MR) is 122 cm³/mol. The Labute approximate surface area is 194 Å². The predicted octanol–water partition coefficient (Wildman–Crippen LogP) is 3.95. The molecule has 7 nitrogen and oxygen atoms in total. The van der Waals surface area contributed by atoms with Crippen LogP contribution in [0.1, 0.15) is 19.8 Å². The average molecular weight is 498 g/mol. The van der Waals surface area contributed by atoms with E-state index in [9.17, 15) is 22.4 Å². The van der Waals surface area contributed by atoms with E-state index in [4.69, 9.17) is 11.6 Å². The second-order valence-corrected chi connectivity index (χ2v) is 11.1. The molecule has 2 N–H and O–H groups in total. The summed E-state index contributed by atoms with van der Waals surface area (Å²) in [5.74, 6) is -0.731. The maximum Gasteiger partial charge on any atom is 0.262 e. The van der Waals surface area contributed by atoms with Crippen LogP contribution in [0.5, 0.6) is 0 Å². The molecule has 0 saturated carbocycles. The number of sulfonamides is 1. The van der Waals surface area contributed by atoms with E-state index in [0.29, 0.717) is 29.6 Å². The van der Waals surface area contributed by atoms with Crippen molar-refractivity contribution in [1.29, 1.82) is 0 Å². The number of nitrogens with one attached hydrogen (secondary N) is 2. The number of carbonyl (C=O) groups is 2. The first kappa shape index (κ1) is 22.9. The van der Waals surface area contributed by atoms with Crippen LogP contribution in [-0.2, 0) is 19.6 Å². The van der Waals surface area contributed by atoms with Crippen LogP contribution in [0, 0.1) is 11.7 Å². The zero-order valence-electron chi connectivity index (χ0n) is 17.1. The van der Waals surface area contributed by atoms with E-state index in [-0.39, 0.29) is 21.5 Å². The number of thioether (sulfide) groups is 1. The van der Waals surface area contributed by atoms with Gasteiger partial charge in [0.1, 0.15) is 5.82 Å². The Morgan fingerprint density at radius 3 is 2.62 bits per heavy atom. The van der Waals surface area contributed by atoms with Crippen molar-refractivity contribution in [2.24, 2.45) is 5.92 Å². The molecule has 0 aromatic heterocycles. The molecule has 2 aliphatic rings. The fourth-order valence-electron chi connectivity index (χ4n) is 3.59. The summed E-state index contributed by atoms with van der Waals surface area (Å²) in [5, 5.41) is 1.67. The number of halogens is 2. The molecule has 1 fully saturated rings. The lowest BCUT2D eigenvalue weighted by molar-refractivity contribution is -0.135. The van der Waals surface area contributed by atoms with Crippen LogP contribution in [0.2, 0.25) is 5.02 Å². The van der Waals surface area contributed by atoms with Crippen LogP contribution in [0.4, 0.5) is 15.8 Å². The van der Waals surface area contributed by atoms with Crippen LogP contribution in [0.25, 0.3) is 0 Å². The van der Waals surface area contributed by atoms with Gasteiger partial charge in [-0.15, -0.1) is 11.8 Å². The second-order valence-electron chi connectivity index (χ2n) is 7.88. The molecule has 0 spiro atoms. The number of carbonyl (C=O) groups excluding carboxylic acids is 2. The number of anilines is 2. The Hall–Kier alpha value is -2.30. The molecule has 2 aliphatic heterocycles. The summed E-state index contributed by atoms with van der Waals surface area (Å²) < 4.78 is 41.1. The SMILES string of the molecule is CC1CCN(C(=O)C2Sc3ccc(S(=O)(=O)Nc4ccc(F)cc4Cl)cc3NC2=O)CC1. The highest BCUT2D eigenvalue weighted by Gasteiger charge is 2.37. The third-order valence-corrected chi connectivity index (χ3v) is 8.43. The van der Waals surface area contributed by atoms with Gasteiger partial charge in [-0.05, 0) is 55.2 Å². The molecular formula is C21H21ClFN3O4S2. The van der Waals surface area contributed by atoms with Gasteiger partial charge in [0.25, 0.3) is 10.0 Å². The first-order valence-corrected chi connectivity index (χ1v) is 12.8. The number of likely N-dealkylation sites (tertiary alicyclic amines) is 1. The van der Waals surface area contributed by atoms with Crippen molar-refractivity contribution in [3.8, 4) is 0 Å². The Morgan fingerprint density at radius 2 is 1.94 bits per heavy atom. The van der Waals surface area contributed by atoms with Crippen LogP contribution in [0.3, 0.4) is 0 Å². The lowest BCUT2D eigenvalue weighted by atomic mass is 9.99. The summed E-state index contributed by atoms with van der Waals surface area (Å²) in [6.07, 6.45) is 1.82. The third kappa shape index (κ3) is 4.72. The van der Waals surface area contributed by atoms with Gasteiger partial charge in [-0.1, -0.05) is 18.5 Å². The lowest BCUT2D eigenvalue weighted by Crippen LogP contribution is -2.47. The number of benzene rings is 2. The molecule has 2 amide bonds. The van der Waals surface area contributed by atoms with Gasteiger partial charge < -0.3 is 10.2 Å². The molecule has 2 heterocycles. The van der Waals surface area contributed by atoms with E-state index < -0.39 is 27.0 Å². The number of rotatable bonds is 4. The monoisotopic (exact) mass is 497 g/mol. The van der Waals surface area contributed by atoms with Crippen molar-refractivity contribution in [2.75, 3.05) is 23.1 Å². The molecule has 1 unspecified atom stereocenters. The molecule has 0 aliphatic carbocycles. The summed E-state index contributed by atoms with van der Waals surface area (Å²) in [6, 6.07) is 7.58. The van der Waals surface area contributed by atoms with Gasteiger partial charge >= 0.3 is 0 Å². The molecule has 11 heteroatoms. The summed E-state index contributed by atoms with van der Waals surface area (Å²) in [7, 11) is -4.04. The van der Waals surface area contributed by atoms with Gasteiger partial charge in [0.15, 0.2) is 5.25 Å². The quantitative estimate of drug-likeness (QED) is 0.623. The molecule has 0 radical (unpaired) electrons. The third-order valence-electron chi connectivity index (χ3n) is 5.50. The van der Waals surface area contributed by atoms with Crippen LogP contribution in [-0.4, -0.2) is 43.5 Å². The maximum absolute atomic E-state index is 13.2. The minimum absolute atomic E-state index is 0.0331. The maximum atomic E-state index is 13.2. The van der Waals surface area contributed by atoms with E-state index in [2.05, 4.69) is 17.0 Å². The van der Waals surface area contributed by atoms with Gasteiger partial charge in [0.05, 0.1) is 21.3 Å². The van der Waals surface area contributed by atoms with Gasteiger partial charge in [-0.25, -0.2) is 12.8 Å². The molecule has 4 rings (SSSR count). The van der Waals surface area contributed by atoms with E-state index in [0.717, 1.165) is 36.7 Å². The standard InChI is InChI=1S/C21H21ClFN3O4S2/c1-12-6-8-26(9-7-12)21(28)19-20(27)24-17-11-14(3-5-18(17)31-19)32(29,30)25-16-4-2-13(23)10-15(16)22/h2-5,10-12,19,25H,6-9H2,1H3,(H,24,27). The molecule has 0 bridgehead atoms. The first-order valence-electron chi connectivity index (χ1n) is 10.0. The van der Waals surface area contributed by atoms with Crippen LogP contribution >= 0.6 is 23.4 Å². The number of hydrogen-bond acceptors (Lipinski definition) is 5. The van der Waals surface area contributed by atoms with Crippen molar-refractivity contribution < 1.29 is 22.4 Å². The van der Waals surface area contributed by atoms with Gasteiger partial charge in [-0.3, -0.25) is 14.3 Å². The highest BCUT2D eigenvalue weighted by atomic mass is 35.5. The average Bonchev–Trinajstić information content (AvgIpc) is 2.75. The minimum Gasteiger partial charge on any atom is -0.341 e. The van der Waals surface area contributed by atoms with E-state index in [1.807, 2.05) is 0 Å². The highest BCUT2D eigenvalue weighted by Crippen LogP contribution is 2.38. The van der Waals surface area contributed by atoms with E-state index >= 15 is 0 Å². The normalized spacial score (nSPS) is 19.3. The van der Waals surface area contributed by atoms with Crippen molar-refractivity contribution in [1.82, 2.24) is 4.90 Å². The highest BCUT2D eigenvalue weighted by molar-refractivity contribution is 8.01. The van der Waals surface area contributed by atoms with Crippen molar-refractivity contribution in [2.45, 2.75) is 34.8 Å². The molecule has 32 heavy (non-hydrogen) atoms. The Bertz CT molecular complexity index is 1180. The summed E-state index contributed by atoms with van der Waals surface area (Å²) >= 11 is 7.03. The molecule has 170 valence electrons. The first-order chi connectivity index (χ1) is 15.1. The Morgan fingerprint density at radius 1 is 1.22 bits per heavy atom. The topological polar surface area (TPSA) is 95.6 Å². The number of piperidine rings is 1. The second kappa shape index (κ2) is 8.92. The van der Waals surface area contributed by atoms with E-state index in [1.54, 1.807) is 11.0 Å². The minimum atomic E-state index is -4.04. The summed E-state index contributed by atoms with van der Waals surface area (Å²) in [6.45, 7) is 3.41. The Balaban J connectivity index is 1.52. The smallest absolute Gasteiger partial charge is 0.262 e. The summed E-state index contributed by atoms with van der Waals surface area (Å²) in [5.41, 5.74) is 0.343. The number of amides is 2. The number of nitrogens with zero attached hydrogens (tertiary/aromatic N) is 1.